The molecule has 0 bridgehead atoms. The van der Waals surface area contributed by atoms with Gasteiger partial charge in [0.25, 0.3) is 0 Å². The third kappa shape index (κ3) is 4.86. The zero-order valence-electron chi connectivity index (χ0n) is 15.2. The van der Waals surface area contributed by atoms with Gasteiger partial charge in [-0.05, 0) is 33.8 Å². The minimum atomic E-state index is -4.56. The summed E-state index contributed by atoms with van der Waals surface area (Å²) in [5.74, 6) is -0.289. The number of piperazine rings is 1. The molecule has 1 saturated heterocycles. The first-order valence-electron chi connectivity index (χ1n) is 8.19. The van der Waals surface area contributed by atoms with Crippen LogP contribution in [0.5, 0.6) is 0 Å². The van der Waals surface area contributed by atoms with Crippen LogP contribution in [0.2, 0.25) is 0 Å². The van der Waals surface area contributed by atoms with E-state index in [1.165, 1.54) is 11.8 Å². The summed E-state index contributed by atoms with van der Waals surface area (Å²) < 4.78 is 43.9. The number of alkyl halides is 3. The van der Waals surface area contributed by atoms with Gasteiger partial charge in [-0.3, -0.25) is 4.79 Å². The van der Waals surface area contributed by atoms with Gasteiger partial charge in [0.05, 0.1) is 11.1 Å². The van der Waals surface area contributed by atoms with Crippen molar-refractivity contribution in [2.45, 2.75) is 39.5 Å². The summed E-state index contributed by atoms with van der Waals surface area (Å²) in [5.41, 5.74) is -1.64. The van der Waals surface area contributed by atoms with E-state index in [0.29, 0.717) is 26.2 Å². The highest BCUT2D eigenvalue weighted by atomic mass is 19.4. The number of nitrogens with zero attached hydrogens (tertiary/aromatic N) is 3. The zero-order chi connectivity index (χ0) is 19.7. The number of rotatable bonds is 2. The molecule has 144 valence electrons. The van der Waals surface area contributed by atoms with Gasteiger partial charge in [0.1, 0.15) is 11.4 Å². The summed E-state index contributed by atoms with van der Waals surface area (Å²) in [7, 11) is 0. The maximum atomic E-state index is 12.9. The molecule has 0 aliphatic carbocycles. The summed E-state index contributed by atoms with van der Waals surface area (Å²) in [6.07, 6.45) is -4.28. The smallest absolute Gasteiger partial charge is 0.417 e. The highest BCUT2D eigenvalue weighted by molar-refractivity contribution is 5.99. The number of halogens is 3. The first-order chi connectivity index (χ1) is 11.9. The fraction of sp³-hybridized carbons (Fsp3) is 0.588. The molecule has 1 aromatic heterocycles. The summed E-state index contributed by atoms with van der Waals surface area (Å²) in [6.45, 7) is 7.86. The van der Waals surface area contributed by atoms with Crippen molar-refractivity contribution in [3.63, 3.8) is 0 Å². The normalized spacial score (nSPS) is 15.8. The number of hydrogen-bond acceptors (Lipinski definition) is 5. The lowest BCUT2D eigenvalue weighted by molar-refractivity contribution is -0.137. The van der Waals surface area contributed by atoms with Crippen LogP contribution in [0.15, 0.2) is 12.3 Å². The van der Waals surface area contributed by atoms with Gasteiger partial charge in [-0.15, -0.1) is 0 Å². The Hall–Kier alpha value is -2.32. The van der Waals surface area contributed by atoms with Crippen LogP contribution in [0.1, 0.15) is 43.6 Å². The van der Waals surface area contributed by atoms with Gasteiger partial charge in [0, 0.05) is 32.4 Å². The number of ether oxygens (including phenoxy) is 1. The molecular weight excluding hydrogens is 351 g/mol. The lowest BCUT2D eigenvalue weighted by atomic mass is 10.1. The molecule has 0 saturated carbocycles. The van der Waals surface area contributed by atoms with Crippen molar-refractivity contribution in [1.82, 2.24) is 9.88 Å². The fourth-order valence-electron chi connectivity index (χ4n) is 2.55. The molecule has 2 heterocycles. The van der Waals surface area contributed by atoms with E-state index in [1.54, 1.807) is 25.7 Å². The minimum absolute atomic E-state index is 0.0782. The summed E-state index contributed by atoms with van der Waals surface area (Å²) in [6, 6.07) is 0.824. The number of aromatic nitrogens is 1. The van der Waals surface area contributed by atoms with E-state index in [1.807, 2.05) is 0 Å². The molecule has 0 unspecified atom stereocenters. The monoisotopic (exact) mass is 373 g/mol. The fourth-order valence-corrected chi connectivity index (χ4v) is 2.55. The lowest BCUT2D eigenvalue weighted by Gasteiger charge is -2.36. The molecular formula is C17H22F3N3O3. The Kier molecular flexibility index (Phi) is 5.48. The third-order valence-electron chi connectivity index (χ3n) is 3.80. The van der Waals surface area contributed by atoms with Crippen LogP contribution >= 0.6 is 0 Å². The Labute approximate surface area is 149 Å². The van der Waals surface area contributed by atoms with Crippen LogP contribution in [0.25, 0.3) is 0 Å². The number of pyridine rings is 1. The Morgan fingerprint density at radius 2 is 1.69 bits per heavy atom. The Morgan fingerprint density at radius 3 is 2.15 bits per heavy atom. The highest BCUT2D eigenvalue weighted by Crippen LogP contribution is 2.32. The maximum absolute atomic E-state index is 12.9. The molecule has 0 aromatic carbocycles. The van der Waals surface area contributed by atoms with Crippen molar-refractivity contribution < 1.29 is 27.5 Å². The van der Waals surface area contributed by atoms with Crippen molar-refractivity contribution in [3.8, 4) is 0 Å². The van der Waals surface area contributed by atoms with Crippen LogP contribution < -0.4 is 4.90 Å². The van der Waals surface area contributed by atoms with E-state index in [2.05, 4.69) is 4.98 Å². The quantitative estimate of drug-likeness (QED) is 0.744. The van der Waals surface area contributed by atoms with Gasteiger partial charge >= 0.3 is 12.3 Å². The minimum Gasteiger partial charge on any atom is -0.444 e. The van der Waals surface area contributed by atoms with E-state index in [4.69, 9.17) is 4.74 Å². The molecule has 1 amide bonds. The van der Waals surface area contributed by atoms with Gasteiger partial charge in [0.15, 0.2) is 5.78 Å². The Bertz CT molecular complexity index is 691. The highest BCUT2D eigenvalue weighted by Gasteiger charge is 2.33. The molecule has 1 aliphatic rings. The second-order valence-electron chi connectivity index (χ2n) is 7.10. The van der Waals surface area contributed by atoms with Gasteiger partial charge in [-0.2, -0.15) is 13.2 Å². The average molecular weight is 373 g/mol. The first kappa shape index (κ1) is 20.0. The van der Waals surface area contributed by atoms with Gasteiger partial charge in [-0.1, -0.05) is 0 Å². The molecule has 1 aliphatic heterocycles. The molecule has 2 rings (SSSR count). The van der Waals surface area contributed by atoms with Gasteiger partial charge < -0.3 is 14.5 Å². The van der Waals surface area contributed by atoms with Crippen molar-refractivity contribution in [3.05, 3.63) is 23.4 Å². The second kappa shape index (κ2) is 7.13. The number of carbonyl (C=O) groups excluding carboxylic acids is 2. The first-order valence-corrected chi connectivity index (χ1v) is 8.19. The molecule has 9 heteroatoms. The van der Waals surface area contributed by atoms with E-state index in [-0.39, 0.29) is 11.4 Å². The Balaban J connectivity index is 2.14. The SMILES string of the molecule is CC(=O)c1cc(C(F)(F)F)cnc1N1CCN(C(=O)OC(C)(C)C)CC1. The number of Topliss-reactive ketones (excluding diaryl/α,β-unsaturated/α-hetero) is 1. The third-order valence-corrected chi connectivity index (χ3v) is 3.80. The van der Waals surface area contributed by atoms with Crippen LogP contribution in [0.3, 0.4) is 0 Å². The molecule has 1 fully saturated rings. The molecule has 0 spiro atoms. The zero-order valence-corrected chi connectivity index (χ0v) is 15.2. The van der Waals surface area contributed by atoms with Crippen LogP contribution in [-0.4, -0.2) is 53.5 Å². The lowest BCUT2D eigenvalue weighted by Crippen LogP contribution is -2.50. The topological polar surface area (TPSA) is 62.7 Å². The van der Waals surface area contributed by atoms with Crippen LogP contribution in [-0.2, 0) is 10.9 Å². The van der Waals surface area contributed by atoms with Crippen LogP contribution in [0, 0.1) is 0 Å². The second-order valence-corrected chi connectivity index (χ2v) is 7.10. The molecule has 6 nitrogen and oxygen atoms in total. The number of carbonyl (C=O) groups is 2. The number of ketones is 1. The summed E-state index contributed by atoms with van der Waals surface area (Å²) in [4.78, 5) is 31.0. The number of hydrogen-bond donors (Lipinski definition) is 0. The van der Waals surface area contributed by atoms with E-state index in [9.17, 15) is 22.8 Å². The van der Waals surface area contributed by atoms with Crippen molar-refractivity contribution in [2.75, 3.05) is 31.1 Å². The van der Waals surface area contributed by atoms with Crippen LogP contribution in [0.4, 0.5) is 23.8 Å². The largest absolute Gasteiger partial charge is 0.444 e. The van der Waals surface area contributed by atoms with E-state index >= 15 is 0 Å². The Morgan fingerprint density at radius 1 is 1.12 bits per heavy atom. The van der Waals surface area contributed by atoms with E-state index in [0.717, 1.165) is 12.3 Å². The molecule has 0 N–H and O–H groups in total. The predicted octanol–water partition coefficient (Wildman–Crippen LogP) is 3.36. The molecule has 0 radical (unpaired) electrons. The molecule has 26 heavy (non-hydrogen) atoms. The standard InChI is InChI=1S/C17H22F3N3O3/c1-11(24)13-9-12(17(18,19)20)10-21-14(13)22-5-7-23(8-6-22)15(25)26-16(2,3)4/h9-10H,5-8H2,1-4H3. The van der Waals surface area contributed by atoms with Crippen molar-refractivity contribution in [2.24, 2.45) is 0 Å². The van der Waals surface area contributed by atoms with Gasteiger partial charge in [-0.25, -0.2) is 9.78 Å². The van der Waals surface area contributed by atoms with Gasteiger partial charge in [0.2, 0.25) is 0 Å². The average Bonchev–Trinajstić information content (AvgIpc) is 2.52. The number of amides is 1. The van der Waals surface area contributed by atoms with Crippen molar-refractivity contribution in [1.29, 1.82) is 0 Å². The molecule has 1 aromatic rings. The summed E-state index contributed by atoms with van der Waals surface area (Å²) in [5, 5.41) is 0. The van der Waals surface area contributed by atoms with E-state index < -0.39 is 29.2 Å². The predicted molar refractivity (Wildman–Crippen MR) is 89.3 cm³/mol. The maximum Gasteiger partial charge on any atom is 0.417 e. The number of anilines is 1. The summed E-state index contributed by atoms with van der Waals surface area (Å²) >= 11 is 0. The molecule has 0 atom stereocenters. The van der Waals surface area contributed by atoms with Crippen molar-refractivity contribution >= 4 is 17.7 Å².